The Bertz CT molecular complexity index is 617. The minimum Gasteiger partial charge on any atom is -0.384 e. The smallest absolute Gasteiger partial charge is 0.104 e. The SMILES string of the molecule is OCC#Cc1cc2nccc(N3CCCC3)c2s1. The van der Waals surface area contributed by atoms with E-state index in [1.54, 1.807) is 11.3 Å². The Balaban J connectivity index is 2.06. The Kier molecular flexibility index (Phi) is 3.18. The third-order valence-electron chi connectivity index (χ3n) is 3.13. The molecule has 1 N–H and O–H groups in total. The van der Waals surface area contributed by atoms with Gasteiger partial charge in [0.25, 0.3) is 0 Å². The van der Waals surface area contributed by atoms with Gasteiger partial charge in [0.1, 0.15) is 6.61 Å². The van der Waals surface area contributed by atoms with Crippen molar-refractivity contribution in [3.05, 3.63) is 23.2 Å². The Morgan fingerprint density at radius 1 is 1.39 bits per heavy atom. The van der Waals surface area contributed by atoms with Crippen LogP contribution in [-0.4, -0.2) is 29.8 Å². The Morgan fingerprint density at radius 2 is 2.22 bits per heavy atom. The van der Waals surface area contributed by atoms with E-state index in [0.29, 0.717) is 0 Å². The molecule has 0 radical (unpaired) electrons. The van der Waals surface area contributed by atoms with Crippen LogP contribution in [0.15, 0.2) is 18.3 Å². The summed E-state index contributed by atoms with van der Waals surface area (Å²) >= 11 is 1.66. The molecule has 0 unspecified atom stereocenters. The van der Waals surface area contributed by atoms with Gasteiger partial charge in [-0.05, 0) is 25.0 Å². The number of aromatic nitrogens is 1. The van der Waals surface area contributed by atoms with Crippen LogP contribution in [-0.2, 0) is 0 Å². The number of anilines is 1. The van der Waals surface area contributed by atoms with Gasteiger partial charge in [-0.1, -0.05) is 11.8 Å². The zero-order chi connectivity index (χ0) is 12.4. The van der Waals surface area contributed by atoms with E-state index in [0.717, 1.165) is 23.5 Å². The molecule has 0 saturated carbocycles. The number of aliphatic hydroxyl groups excluding tert-OH is 1. The molecule has 4 heteroatoms. The molecule has 2 aromatic heterocycles. The molecule has 92 valence electrons. The highest BCUT2D eigenvalue weighted by Gasteiger charge is 2.16. The Morgan fingerprint density at radius 3 is 3.00 bits per heavy atom. The molecule has 3 rings (SSSR count). The number of rotatable bonds is 1. The molecule has 0 aromatic carbocycles. The summed E-state index contributed by atoms with van der Waals surface area (Å²) in [5.41, 5.74) is 2.28. The first kappa shape index (κ1) is 11.5. The molecule has 2 aromatic rings. The van der Waals surface area contributed by atoms with Crippen LogP contribution >= 0.6 is 11.3 Å². The molecule has 0 amide bonds. The molecule has 1 fully saturated rings. The average molecular weight is 258 g/mol. The van der Waals surface area contributed by atoms with Gasteiger partial charge in [-0.2, -0.15) is 0 Å². The minimum absolute atomic E-state index is 0.0966. The van der Waals surface area contributed by atoms with Crippen LogP contribution in [0.3, 0.4) is 0 Å². The van der Waals surface area contributed by atoms with Gasteiger partial charge in [0.2, 0.25) is 0 Å². The zero-order valence-corrected chi connectivity index (χ0v) is 10.8. The summed E-state index contributed by atoms with van der Waals surface area (Å²) in [6.07, 6.45) is 4.41. The van der Waals surface area contributed by atoms with Gasteiger partial charge in [-0.3, -0.25) is 4.98 Å². The maximum Gasteiger partial charge on any atom is 0.104 e. The Hall–Kier alpha value is -1.57. The van der Waals surface area contributed by atoms with Gasteiger partial charge in [-0.25, -0.2) is 0 Å². The average Bonchev–Trinajstić information content (AvgIpc) is 3.04. The Labute approximate surface area is 110 Å². The fourth-order valence-corrected chi connectivity index (χ4v) is 3.35. The summed E-state index contributed by atoms with van der Waals surface area (Å²) in [4.78, 5) is 7.79. The van der Waals surface area contributed by atoms with E-state index in [1.807, 2.05) is 12.3 Å². The van der Waals surface area contributed by atoms with E-state index in [1.165, 1.54) is 23.2 Å². The topological polar surface area (TPSA) is 36.4 Å². The van der Waals surface area contributed by atoms with Gasteiger partial charge in [-0.15, -0.1) is 11.3 Å². The second kappa shape index (κ2) is 4.97. The number of hydrogen-bond donors (Lipinski definition) is 1. The first-order valence-electron chi connectivity index (χ1n) is 6.12. The predicted octanol–water partition coefficient (Wildman–Crippen LogP) is 2.24. The fourth-order valence-electron chi connectivity index (χ4n) is 2.32. The fraction of sp³-hybridized carbons (Fsp3) is 0.357. The minimum atomic E-state index is -0.0966. The van der Waals surface area contributed by atoms with Crippen molar-refractivity contribution < 1.29 is 5.11 Å². The van der Waals surface area contributed by atoms with E-state index < -0.39 is 0 Å². The summed E-state index contributed by atoms with van der Waals surface area (Å²) in [5.74, 6) is 5.65. The third kappa shape index (κ3) is 2.07. The number of hydrogen-bond acceptors (Lipinski definition) is 4. The third-order valence-corrected chi connectivity index (χ3v) is 4.19. The number of thiophene rings is 1. The highest BCUT2D eigenvalue weighted by atomic mass is 32.1. The largest absolute Gasteiger partial charge is 0.384 e. The maximum absolute atomic E-state index is 8.74. The molecule has 3 heterocycles. The lowest BCUT2D eigenvalue weighted by molar-refractivity contribution is 0.350. The van der Waals surface area contributed by atoms with Gasteiger partial charge < -0.3 is 10.0 Å². The monoisotopic (exact) mass is 258 g/mol. The molecule has 1 aliphatic heterocycles. The second-order valence-corrected chi connectivity index (χ2v) is 5.36. The molecular weight excluding hydrogens is 244 g/mol. The highest BCUT2D eigenvalue weighted by molar-refractivity contribution is 7.20. The molecule has 1 saturated heterocycles. The van der Waals surface area contributed by atoms with Crippen LogP contribution in [0.4, 0.5) is 5.69 Å². The number of aliphatic hydroxyl groups is 1. The van der Waals surface area contributed by atoms with Crippen molar-refractivity contribution in [3.8, 4) is 11.8 Å². The molecule has 0 aliphatic carbocycles. The molecule has 0 bridgehead atoms. The lowest BCUT2D eigenvalue weighted by Gasteiger charge is -2.17. The van der Waals surface area contributed by atoms with E-state index in [4.69, 9.17) is 5.11 Å². The molecule has 18 heavy (non-hydrogen) atoms. The quantitative estimate of drug-likeness (QED) is 0.797. The summed E-state index contributed by atoms with van der Waals surface area (Å²) < 4.78 is 1.21. The molecule has 0 atom stereocenters. The first-order chi connectivity index (χ1) is 8.88. The van der Waals surface area contributed by atoms with E-state index in [-0.39, 0.29) is 6.61 Å². The van der Waals surface area contributed by atoms with E-state index >= 15 is 0 Å². The van der Waals surface area contributed by atoms with Crippen molar-refractivity contribution in [3.63, 3.8) is 0 Å². The van der Waals surface area contributed by atoms with E-state index in [2.05, 4.69) is 27.8 Å². The standard InChI is InChI=1S/C14H14N2OS/c17-9-3-4-11-10-12-14(18-11)13(5-6-15-12)16-7-1-2-8-16/h5-6,10,17H,1-2,7-9H2. The van der Waals surface area contributed by atoms with Crippen molar-refractivity contribution in [2.45, 2.75) is 12.8 Å². The van der Waals surface area contributed by atoms with Crippen LogP contribution in [0, 0.1) is 11.8 Å². The second-order valence-electron chi connectivity index (χ2n) is 4.31. The molecular formula is C14H14N2OS. The van der Waals surface area contributed by atoms with Crippen LogP contribution < -0.4 is 4.90 Å². The summed E-state index contributed by atoms with van der Waals surface area (Å²) in [7, 11) is 0. The van der Waals surface area contributed by atoms with Crippen LogP contribution in [0.25, 0.3) is 10.2 Å². The maximum atomic E-state index is 8.74. The first-order valence-corrected chi connectivity index (χ1v) is 6.93. The van der Waals surface area contributed by atoms with Crippen molar-refractivity contribution in [2.75, 3.05) is 24.6 Å². The van der Waals surface area contributed by atoms with Crippen LogP contribution in [0.2, 0.25) is 0 Å². The summed E-state index contributed by atoms with van der Waals surface area (Å²) in [6, 6.07) is 4.09. The van der Waals surface area contributed by atoms with Gasteiger partial charge in [0.05, 0.1) is 20.8 Å². The number of pyridine rings is 1. The predicted molar refractivity (Wildman–Crippen MR) is 75.0 cm³/mol. The van der Waals surface area contributed by atoms with Crippen molar-refractivity contribution in [2.24, 2.45) is 0 Å². The van der Waals surface area contributed by atoms with Crippen molar-refractivity contribution >= 4 is 27.2 Å². The lowest BCUT2D eigenvalue weighted by atomic mass is 10.3. The van der Waals surface area contributed by atoms with Crippen molar-refractivity contribution in [1.82, 2.24) is 4.98 Å². The zero-order valence-electron chi connectivity index (χ0n) is 10.0. The van der Waals surface area contributed by atoms with Gasteiger partial charge in [0, 0.05) is 19.3 Å². The normalized spacial score (nSPS) is 14.8. The van der Waals surface area contributed by atoms with E-state index in [9.17, 15) is 0 Å². The summed E-state index contributed by atoms with van der Waals surface area (Å²) in [6.45, 7) is 2.17. The molecule has 3 nitrogen and oxygen atoms in total. The van der Waals surface area contributed by atoms with Gasteiger partial charge >= 0.3 is 0 Å². The molecule has 0 spiro atoms. The summed E-state index contributed by atoms with van der Waals surface area (Å²) in [5, 5.41) is 8.74. The van der Waals surface area contributed by atoms with Crippen molar-refractivity contribution in [1.29, 1.82) is 0 Å². The van der Waals surface area contributed by atoms with Crippen LogP contribution in [0.1, 0.15) is 17.7 Å². The molecule has 1 aliphatic rings. The number of nitrogens with zero attached hydrogens (tertiary/aromatic N) is 2. The van der Waals surface area contributed by atoms with Crippen LogP contribution in [0.5, 0.6) is 0 Å². The highest BCUT2D eigenvalue weighted by Crippen LogP contribution is 2.34. The lowest BCUT2D eigenvalue weighted by Crippen LogP contribution is -2.17. The van der Waals surface area contributed by atoms with Gasteiger partial charge in [0.15, 0.2) is 0 Å². The number of fused-ring (bicyclic) bond motifs is 1.